The Morgan fingerprint density at radius 1 is 1.03 bits per heavy atom. The number of anilines is 1. The van der Waals surface area contributed by atoms with Gasteiger partial charge < -0.3 is 10.1 Å². The molecule has 0 bridgehead atoms. The van der Waals surface area contributed by atoms with E-state index in [0.29, 0.717) is 17.1 Å². The minimum absolute atomic E-state index is 0.0573. The molecule has 0 aliphatic heterocycles. The second-order valence-corrected chi connectivity index (χ2v) is 8.49. The quantitative estimate of drug-likeness (QED) is 0.604. The minimum Gasteiger partial charge on any atom is -0.481 e. The fraction of sp³-hybridized carbons (Fsp3) is 0.182. The second-order valence-electron chi connectivity index (χ2n) is 6.84. The summed E-state index contributed by atoms with van der Waals surface area (Å²) in [4.78, 5) is 16.7. The molecule has 8 heteroatoms. The maximum atomic E-state index is 12.9. The molecule has 0 aliphatic carbocycles. The standard InChI is InChI=1S/C22H23N3O4S/c1-15-4-9-19(10-5-15)25-30(27,28)20-12-18(8-6-16(20)2)22(26)24-14-17-7-11-21(29-3)23-13-17/h4-13,25H,14H2,1-3H3,(H,24,26). The molecule has 0 fully saturated rings. The molecule has 1 amide bonds. The molecular weight excluding hydrogens is 402 g/mol. The molecule has 0 radical (unpaired) electrons. The van der Waals surface area contributed by atoms with E-state index in [2.05, 4.69) is 15.0 Å². The van der Waals surface area contributed by atoms with Crippen LogP contribution in [0.5, 0.6) is 5.88 Å². The predicted molar refractivity (Wildman–Crippen MR) is 115 cm³/mol. The average Bonchev–Trinajstić information content (AvgIpc) is 2.74. The second kappa shape index (κ2) is 8.96. The van der Waals surface area contributed by atoms with Crippen LogP contribution in [0.2, 0.25) is 0 Å². The van der Waals surface area contributed by atoms with Crippen molar-refractivity contribution < 1.29 is 17.9 Å². The van der Waals surface area contributed by atoms with E-state index in [1.54, 1.807) is 49.5 Å². The van der Waals surface area contributed by atoms with Crippen LogP contribution in [0, 0.1) is 13.8 Å². The largest absolute Gasteiger partial charge is 0.481 e. The van der Waals surface area contributed by atoms with Crippen LogP contribution in [0.3, 0.4) is 0 Å². The van der Waals surface area contributed by atoms with Crippen LogP contribution >= 0.6 is 0 Å². The van der Waals surface area contributed by atoms with Crippen LogP contribution in [0.15, 0.2) is 65.7 Å². The van der Waals surface area contributed by atoms with Crippen molar-refractivity contribution in [1.82, 2.24) is 10.3 Å². The highest BCUT2D eigenvalue weighted by atomic mass is 32.2. The first-order valence-corrected chi connectivity index (χ1v) is 10.7. The molecule has 7 nitrogen and oxygen atoms in total. The number of hydrogen-bond acceptors (Lipinski definition) is 5. The molecule has 1 heterocycles. The van der Waals surface area contributed by atoms with Crippen LogP contribution in [-0.2, 0) is 16.6 Å². The van der Waals surface area contributed by atoms with Gasteiger partial charge in [-0.2, -0.15) is 0 Å². The van der Waals surface area contributed by atoms with E-state index in [1.807, 2.05) is 19.1 Å². The lowest BCUT2D eigenvalue weighted by molar-refractivity contribution is 0.0950. The SMILES string of the molecule is COc1ccc(CNC(=O)c2ccc(C)c(S(=O)(=O)Nc3ccc(C)cc3)c2)cn1. The van der Waals surface area contributed by atoms with Gasteiger partial charge in [0.25, 0.3) is 15.9 Å². The number of pyridine rings is 1. The van der Waals surface area contributed by atoms with Crippen molar-refractivity contribution in [2.24, 2.45) is 0 Å². The highest BCUT2D eigenvalue weighted by Crippen LogP contribution is 2.21. The third kappa shape index (κ3) is 5.15. The third-order valence-corrected chi connectivity index (χ3v) is 6.03. The van der Waals surface area contributed by atoms with Crippen molar-refractivity contribution in [3.8, 4) is 5.88 Å². The van der Waals surface area contributed by atoms with Gasteiger partial charge in [-0.25, -0.2) is 13.4 Å². The monoisotopic (exact) mass is 425 g/mol. The zero-order valence-corrected chi connectivity index (χ0v) is 17.8. The smallest absolute Gasteiger partial charge is 0.262 e. The molecule has 156 valence electrons. The Morgan fingerprint density at radius 2 is 1.77 bits per heavy atom. The number of carbonyl (C=O) groups is 1. The van der Waals surface area contributed by atoms with Crippen molar-refractivity contribution in [3.63, 3.8) is 0 Å². The molecule has 0 aliphatic rings. The Labute approximate surface area is 176 Å². The number of nitrogens with one attached hydrogen (secondary N) is 2. The van der Waals surface area contributed by atoms with Crippen molar-refractivity contribution in [2.45, 2.75) is 25.3 Å². The van der Waals surface area contributed by atoms with Gasteiger partial charge in [0.1, 0.15) is 0 Å². The Hall–Kier alpha value is -3.39. The first-order valence-electron chi connectivity index (χ1n) is 9.26. The van der Waals surface area contributed by atoms with Gasteiger partial charge >= 0.3 is 0 Å². The van der Waals surface area contributed by atoms with Gasteiger partial charge in [-0.3, -0.25) is 9.52 Å². The van der Waals surface area contributed by atoms with Crippen LogP contribution in [0.25, 0.3) is 0 Å². The number of amides is 1. The number of nitrogens with zero attached hydrogens (tertiary/aromatic N) is 1. The predicted octanol–water partition coefficient (Wildman–Crippen LogP) is 3.44. The molecule has 3 rings (SSSR count). The van der Waals surface area contributed by atoms with Crippen LogP contribution in [-0.4, -0.2) is 26.4 Å². The van der Waals surface area contributed by atoms with Crippen molar-refractivity contribution in [2.75, 3.05) is 11.8 Å². The Kier molecular flexibility index (Phi) is 6.37. The van der Waals surface area contributed by atoms with Gasteiger partial charge in [0.2, 0.25) is 5.88 Å². The minimum atomic E-state index is -3.84. The Balaban J connectivity index is 1.76. The molecule has 2 aromatic carbocycles. The molecule has 0 unspecified atom stereocenters. The number of aryl methyl sites for hydroxylation is 2. The molecule has 2 N–H and O–H groups in total. The van der Waals surface area contributed by atoms with E-state index >= 15 is 0 Å². The van der Waals surface area contributed by atoms with Crippen molar-refractivity contribution in [3.05, 3.63) is 83.0 Å². The summed E-state index contributed by atoms with van der Waals surface area (Å²) in [5.74, 6) is 0.108. The topological polar surface area (TPSA) is 97.4 Å². The highest BCUT2D eigenvalue weighted by molar-refractivity contribution is 7.92. The van der Waals surface area contributed by atoms with E-state index in [0.717, 1.165) is 11.1 Å². The zero-order chi connectivity index (χ0) is 21.7. The van der Waals surface area contributed by atoms with Gasteiger partial charge in [-0.05, 0) is 49.2 Å². The first-order chi connectivity index (χ1) is 14.3. The normalized spacial score (nSPS) is 11.0. The van der Waals surface area contributed by atoms with Crippen LogP contribution in [0.4, 0.5) is 5.69 Å². The summed E-state index contributed by atoms with van der Waals surface area (Å²) < 4.78 is 33.3. The number of benzene rings is 2. The van der Waals surface area contributed by atoms with Crippen molar-refractivity contribution in [1.29, 1.82) is 0 Å². The Bertz CT molecular complexity index is 1140. The molecule has 0 spiro atoms. The maximum Gasteiger partial charge on any atom is 0.262 e. The van der Waals surface area contributed by atoms with Crippen molar-refractivity contribution >= 4 is 21.6 Å². The van der Waals surface area contributed by atoms with Gasteiger partial charge in [-0.15, -0.1) is 0 Å². The van der Waals surface area contributed by atoms with Crippen LogP contribution in [0.1, 0.15) is 27.0 Å². The first kappa shape index (κ1) is 21.3. The number of rotatable bonds is 7. The summed E-state index contributed by atoms with van der Waals surface area (Å²) in [5, 5.41) is 2.77. The molecule has 30 heavy (non-hydrogen) atoms. The maximum absolute atomic E-state index is 12.9. The molecule has 0 atom stereocenters. The molecule has 0 saturated carbocycles. The number of carbonyl (C=O) groups excluding carboxylic acids is 1. The number of sulfonamides is 1. The summed E-state index contributed by atoms with van der Waals surface area (Å²) in [6.45, 7) is 3.87. The fourth-order valence-corrected chi connectivity index (χ4v) is 4.11. The van der Waals surface area contributed by atoms with E-state index < -0.39 is 10.0 Å². The number of methoxy groups -OCH3 is 1. The van der Waals surface area contributed by atoms with Gasteiger partial charge in [0, 0.05) is 30.1 Å². The highest BCUT2D eigenvalue weighted by Gasteiger charge is 2.19. The van der Waals surface area contributed by atoms with Crippen LogP contribution < -0.4 is 14.8 Å². The fourth-order valence-electron chi connectivity index (χ4n) is 2.78. The van der Waals surface area contributed by atoms with E-state index in [9.17, 15) is 13.2 Å². The molecule has 0 saturated heterocycles. The zero-order valence-electron chi connectivity index (χ0n) is 17.0. The summed E-state index contributed by atoms with van der Waals surface area (Å²) in [5.41, 5.74) is 3.09. The van der Waals surface area contributed by atoms with E-state index in [-0.39, 0.29) is 22.9 Å². The molecular formula is C22H23N3O4S. The van der Waals surface area contributed by atoms with Gasteiger partial charge in [0.05, 0.1) is 12.0 Å². The van der Waals surface area contributed by atoms with E-state index in [4.69, 9.17) is 4.74 Å². The number of hydrogen-bond donors (Lipinski definition) is 2. The number of ether oxygens (including phenoxy) is 1. The lowest BCUT2D eigenvalue weighted by Gasteiger charge is -2.12. The molecule has 1 aromatic heterocycles. The van der Waals surface area contributed by atoms with Gasteiger partial charge in [0.15, 0.2) is 0 Å². The Morgan fingerprint density at radius 3 is 2.40 bits per heavy atom. The third-order valence-electron chi connectivity index (χ3n) is 4.50. The summed E-state index contributed by atoms with van der Waals surface area (Å²) in [7, 11) is -2.31. The lowest BCUT2D eigenvalue weighted by Crippen LogP contribution is -2.23. The summed E-state index contributed by atoms with van der Waals surface area (Å²) in [6, 6.07) is 15.1. The lowest BCUT2D eigenvalue weighted by atomic mass is 10.1. The summed E-state index contributed by atoms with van der Waals surface area (Å²) in [6.07, 6.45) is 1.61. The number of aromatic nitrogens is 1. The van der Waals surface area contributed by atoms with E-state index in [1.165, 1.54) is 13.2 Å². The van der Waals surface area contributed by atoms with Gasteiger partial charge in [-0.1, -0.05) is 29.8 Å². The average molecular weight is 426 g/mol. The summed E-state index contributed by atoms with van der Waals surface area (Å²) >= 11 is 0. The molecule has 3 aromatic rings.